The molecule has 0 saturated heterocycles. The maximum atomic E-state index is 14.0. The molecule has 42 heavy (non-hydrogen) atoms. The minimum atomic E-state index is -4.92. The molecule has 0 spiro atoms. The zero-order chi connectivity index (χ0) is 30.2. The van der Waals surface area contributed by atoms with E-state index in [0.717, 1.165) is 12.8 Å². The molecular formula is C27H32F5N7O3. The Hall–Kier alpha value is -3.62. The van der Waals surface area contributed by atoms with Gasteiger partial charge in [0.1, 0.15) is 12.3 Å². The van der Waals surface area contributed by atoms with Crippen molar-refractivity contribution < 1.29 is 36.3 Å². The number of hydrogen-bond acceptors (Lipinski definition) is 6. The zero-order valence-electron chi connectivity index (χ0n) is 23.1. The number of aromatic nitrogens is 5. The number of nitrogens with zero attached hydrogens (tertiary/aromatic N) is 5. The number of ether oxygens (including phenoxy) is 1. The lowest BCUT2D eigenvalue weighted by Crippen LogP contribution is -2.38. The van der Waals surface area contributed by atoms with Gasteiger partial charge in [-0.1, -0.05) is 0 Å². The van der Waals surface area contributed by atoms with Gasteiger partial charge in [-0.05, 0) is 69.1 Å². The van der Waals surface area contributed by atoms with Gasteiger partial charge in [0, 0.05) is 25.1 Å². The molecule has 15 heteroatoms. The van der Waals surface area contributed by atoms with Crippen LogP contribution in [0.15, 0.2) is 30.7 Å². The van der Waals surface area contributed by atoms with Crippen molar-refractivity contribution >= 4 is 17.5 Å². The minimum Gasteiger partial charge on any atom is -0.347 e. The van der Waals surface area contributed by atoms with Crippen molar-refractivity contribution in [1.29, 1.82) is 0 Å². The van der Waals surface area contributed by atoms with Crippen LogP contribution in [0.25, 0.3) is 5.65 Å². The van der Waals surface area contributed by atoms with Crippen molar-refractivity contribution in [3.8, 4) is 0 Å². The summed E-state index contributed by atoms with van der Waals surface area (Å²) in [6, 6.07) is 1.91. The van der Waals surface area contributed by atoms with Crippen molar-refractivity contribution in [3.05, 3.63) is 47.7 Å². The van der Waals surface area contributed by atoms with Gasteiger partial charge in [0.2, 0.25) is 11.8 Å². The molecule has 0 radical (unpaired) electrons. The number of alkyl halides is 5. The predicted molar refractivity (Wildman–Crippen MR) is 138 cm³/mol. The van der Waals surface area contributed by atoms with Crippen molar-refractivity contribution in [3.63, 3.8) is 0 Å². The molecule has 2 fully saturated rings. The smallest absolute Gasteiger partial charge is 0.347 e. The Kier molecular flexibility index (Phi) is 8.23. The summed E-state index contributed by atoms with van der Waals surface area (Å²) in [7, 11) is 0. The van der Waals surface area contributed by atoms with Gasteiger partial charge in [0.25, 0.3) is 5.91 Å². The summed E-state index contributed by atoms with van der Waals surface area (Å²) in [6.45, 7) is 2.61. The van der Waals surface area contributed by atoms with Gasteiger partial charge in [0.15, 0.2) is 5.65 Å². The van der Waals surface area contributed by atoms with Gasteiger partial charge in [-0.3, -0.25) is 19.0 Å². The number of hydrogen-bond donors (Lipinski definition) is 2. The van der Waals surface area contributed by atoms with Gasteiger partial charge in [0.05, 0.1) is 30.2 Å². The summed E-state index contributed by atoms with van der Waals surface area (Å²) in [5, 5.41) is 14.2. The third-order valence-electron chi connectivity index (χ3n) is 7.73. The summed E-state index contributed by atoms with van der Waals surface area (Å²) < 4.78 is 71.9. The van der Waals surface area contributed by atoms with Crippen molar-refractivity contribution in [2.24, 2.45) is 11.8 Å². The Labute approximate surface area is 238 Å². The molecule has 2 saturated carbocycles. The summed E-state index contributed by atoms with van der Waals surface area (Å²) in [4.78, 5) is 30.2. The number of halogens is 5. The summed E-state index contributed by atoms with van der Waals surface area (Å²) >= 11 is 0. The third kappa shape index (κ3) is 7.05. The maximum Gasteiger partial charge on any atom is 0.523 e. The van der Waals surface area contributed by atoms with Crippen LogP contribution in [0.2, 0.25) is 0 Å². The molecule has 0 aromatic carbocycles. The minimum absolute atomic E-state index is 0.0280. The van der Waals surface area contributed by atoms with E-state index in [0.29, 0.717) is 22.6 Å². The molecule has 10 nitrogen and oxygen atoms in total. The molecule has 2 aliphatic rings. The van der Waals surface area contributed by atoms with Crippen LogP contribution >= 0.6 is 0 Å². The van der Waals surface area contributed by atoms with E-state index in [9.17, 15) is 31.5 Å². The quantitative estimate of drug-likeness (QED) is 0.321. The number of carbonyl (C=O) groups excluding carboxylic acids is 2. The van der Waals surface area contributed by atoms with E-state index in [1.807, 2.05) is 13.8 Å². The van der Waals surface area contributed by atoms with Gasteiger partial charge < -0.3 is 10.6 Å². The second-order valence-corrected chi connectivity index (χ2v) is 11.3. The summed E-state index contributed by atoms with van der Waals surface area (Å²) in [5.41, 5.74) is 1.70. The van der Waals surface area contributed by atoms with Gasteiger partial charge in [-0.15, -0.1) is 13.2 Å². The fraction of sp³-hybridized carbons (Fsp3) is 0.593. The van der Waals surface area contributed by atoms with Crippen molar-refractivity contribution in [2.45, 2.75) is 82.8 Å². The number of fused-ring (bicyclic) bond motifs is 1. The van der Waals surface area contributed by atoms with E-state index in [2.05, 4.69) is 30.6 Å². The molecule has 3 heterocycles. The molecule has 3 aromatic heterocycles. The van der Waals surface area contributed by atoms with Crippen LogP contribution < -0.4 is 10.6 Å². The molecule has 0 bridgehead atoms. The number of amides is 2. The fourth-order valence-electron chi connectivity index (χ4n) is 5.45. The molecule has 0 aliphatic heterocycles. The monoisotopic (exact) mass is 597 g/mol. The lowest BCUT2D eigenvalue weighted by molar-refractivity contribution is -0.321. The molecule has 2 atom stereocenters. The van der Waals surface area contributed by atoms with Gasteiger partial charge >= 0.3 is 6.36 Å². The van der Waals surface area contributed by atoms with Gasteiger partial charge in [-0.2, -0.15) is 10.2 Å². The first kappa shape index (κ1) is 29.9. The van der Waals surface area contributed by atoms with E-state index < -0.39 is 42.8 Å². The Morgan fingerprint density at radius 3 is 2.40 bits per heavy atom. The second-order valence-electron chi connectivity index (χ2n) is 11.3. The maximum absolute atomic E-state index is 14.0. The lowest BCUT2D eigenvalue weighted by Gasteiger charge is -2.33. The number of carbonyl (C=O) groups is 2. The molecule has 2 aliphatic carbocycles. The summed E-state index contributed by atoms with van der Waals surface area (Å²) in [5.74, 6) is -4.36. The van der Waals surface area contributed by atoms with Crippen LogP contribution in [-0.2, 0) is 9.53 Å². The van der Waals surface area contributed by atoms with E-state index in [4.69, 9.17) is 0 Å². The second kappa shape index (κ2) is 11.6. The SMILES string of the molecule is CC(C)n1nccc1C(=O)N[C@H](c1cn2ncc([C@H](NC(=O)COC(F)(F)F)C3CC3)cc2n1)C1CCC(F)(F)CC1. The highest BCUT2D eigenvalue weighted by molar-refractivity contribution is 5.92. The largest absolute Gasteiger partial charge is 0.523 e. The van der Waals surface area contributed by atoms with Crippen LogP contribution in [0.4, 0.5) is 22.0 Å². The number of rotatable bonds is 10. The average molecular weight is 598 g/mol. The van der Waals surface area contributed by atoms with Crippen LogP contribution in [0, 0.1) is 11.8 Å². The van der Waals surface area contributed by atoms with E-state index in [-0.39, 0.29) is 43.6 Å². The Morgan fingerprint density at radius 2 is 1.76 bits per heavy atom. The molecule has 3 aromatic rings. The van der Waals surface area contributed by atoms with Crippen molar-refractivity contribution in [1.82, 2.24) is 35.0 Å². The number of nitrogens with one attached hydrogen (secondary N) is 2. The Morgan fingerprint density at radius 1 is 1.07 bits per heavy atom. The van der Waals surface area contributed by atoms with Crippen molar-refractivity contribution in [2.75, 3.05) is 6.61 Å². The highest BCUT2D eigenvalue weighted by atomic mass is 19.4. The highest BCUT2D eigenvalue weighted by Gasteiger charge is 2.40. The molecule has 0 unspecified atom stereocenters. The standard InChI is InChI=1S/C27H32F5N7O3/c1-15(2)39-20(7-10-33-39)25(41)37-24(17-5-8-26(28,29)9-6-17)19-13-38-21(35-19)11-18(12-34-38)23(16-3-4-16)36-22(40)14-42-27(30,31)32/h7,10-13,15-17,23-24H,3-6,8-9,14H2,1-2H3,(H,36,40)(H,37,41)/t23-,24+/m1/s1. The normalized spacial score (nSPS) is 19.1. The van der Waals surface area contributed by atoms with Crippen LogP contribution in [0.5, 0.6) is 0 Å². The highest BCUT2D eigenvalue weighted by Crippen LogP contribution is 2.43. The van der Waals surface area contributed by atoms with Gasteiger partial charge in [-0.25, -0.2) is 18.3 Å². The van der Waals surface area contributed by atoms with E-state index in [1.54, 1.807) is 23.0 Å². The zero-order valence-corrected chi connectivity index (χ0v) is 23.1. The molecule has 228 valence electrons. The average Bonchev–Trinajstić information content (AvgIpc) is 3.47. The van der Waals surface area contributed by atoms with Crippen LogP contribution in [0.3, 0.4) is 0 Å². The van der Waals surface area contributed by atoms with Crippen LogP contribution in [-0.4, -0.2) is 55.1 Å². The molecule has 5 rings (SSSR count). The Balaban J connectivity index is 1.40. The Bertz CT molecular complexity index is 1420. The first-order valence-corrected chi connectivity index (χ1v) is 13.9. The lowest BCUT2D eigenvalue weighted by atomic mass is 9.81. The molecular weight excluding hydrogens is 565 g/mol. The predicted octanol–water partition coefficient (Wildman–Crippen LogP) is 4.91. The number of imidazole rings is 1. The first-order chi connectivity index (χ1) is 19.8. The third-order valence-corrected chi connectivity index (χ3v) is 7.73. The van der Waals surface area contributed by atoms with E-state index in [1.165, 1.54) is 16.9 Å². The van der Waals surface area contributed by atoms with Crippen LogP contribution in [0.1, 0.15) is 92.2 Å². The van der Waals surface area contributed by atoms with E-state index >= 15 is 0 Å². The topological polar surface area (TPSA) is 115 Å². The fourth-order valence-corrected chi connectivity index (χ4v) is 5.45. The molecule has 2 N–H and O–H groups in total. The first-order valence-electron chi connectivity index (χ1n) is 13.9. The molecule has 2 amide bonds. The summed E-state index contributed by atoms with van der Waals surface area (Å²) in [6.07, 6.45) is 1.05.